The Morgan fingerprint density at radius 1 is 1.80 bits per heavy atom. The van der Waals surface area contributed by atoms with Crippen molar-refractivity contribution in [1.29, 1.82) is 0 Å². The van der Waals surface area contributed by atoms with Crippen LogP contribution in [0.2, 0.25) is 0 Å². The molecule has 0 N–H and O–H groups in total. The molecule has 0 atom stereocenters. The number of hydrogen-bond acceptors (Lipinski definition) is 3. The van der Waals surface area contributed by atoms with Crippen LogP contribution in [0.25, 0.3) is 0 Å². The van der Waals surface area contributed by atoms with Gasteiger partial charge in [-0.3, -0.25) is 0 Å². The molecule has 0 aliphatic carbocycles. The molecule has 0 aromatic carbocycles. The van der Waals surface area contributed by atoms with Gasteiger partial charge in [-0.05, 0) is 6.92 Å². The molecule has 0 aliphatic heterocycles. The van der Waals surface area contributed by atoms with Crippen LogP contribution in [0.1, 0.15) is 5.69 Å². The van der Waals surface area contributed by atoms with Crippen molar-refractivity contribution in [3.63, 3.8) is 0 Å². The highest BCUT2D eigenvalue weighted by Crippen LogP contribution is 1.96. The standard InChI is InChI=1S/C6H10N3O/c1-3-9-6(5-10-2)4-7-8-9/h4H,1,3,5H2,2H3. The topological polar surface area (TPSA) is 39.9 Å². The number of methoxy groups -OCH3 is 1. The minimum Gasteiger partial charge on any atom is -0.378 e. The van der Waals surface area contributed by atoms with Crippen molar-refractivity contribution in [2.24, 2.45) is 0 Å². The molecule has 0 spiro atoms. The van der Waals surface area contributed by atoms with Crippen LogP contribution < -0.4 is 0 Å². The maximum atomic E-state index is 4.90. The predicted octanol–water partition coefficient (Wildman–Crippen LogP) is 0.259. The summed E-state index contributed by atoms with van der Waals surface area (Å²) in [6.07, 6.45) is 1.68. The van der Waals surface area contributed by atoms with Crippen LogP contribution in [-0.4, -0.2) is 22.1 Å². The first-order valence-corrected chi connectivity index (χ1v) is 3.04. The Kier molecular flexibility index (Phi) is 2.39. The van der Waals surface area contributed by atoms with Crippen molar-refractivity contribution in [1.82, 2.24) is 15.0 Å². The summed E-state index contributed by atoms with van der Waals surface area (Å²) in [6, 6.07) is 0. The largest absolute Gasteiger partial charge is 0.378 e. The van der Waals surface area contributed by atoms with Gasteiger partial charge in [0.05, 0.1) is 18.5 Å². The molecular weight excluding hydrogens is 130 g/mol. The number of rotatable bonds is 3. The summed E-state index contributed by atoms with van der Waals surface area (Å²) in [5.74, 6) is 0. The van der Waals surface area contributed by atoms with Gasteiger partial charge in [0.25, 0.3) is 0 Å². The fraction of sp³-hybridized carbons (Fsp3) is 0.500. The third-order valence-electron chi connectivity index (χ3n) is 1.20. The first-order valence-electron chi connectivity index (χ1n) is 3.04. The molecule has 4 nitrogen and oxygen atoms in total. The van der Waals surface area contributed by atoms with E-state index in [4.69, 9.17) is 4.74 Å². The normalized spacial score (nSPS) is 10.2. The van der Waals surface area contributed by atoms with Crippen LogP contribution in [0, 0.1) is 6.92 Å². The van der Waals surface area contributed by atoms with Crippen LogP contribution in [0.5, 0.6) is 0 Å². The fourth-order valence-electron chi connectivity index (χ4n) is 0.727. The van der Waals surface area contributed by atoms with E-state index in [0.29, 0.717) is 13.2 Å². The Bertz CT molecular complexity index is 197. The lowest BCUT2D eigenvalue weighted by molar-refractivity contribution is 0.177. The summed E-state index contributed by atoms with van der Waals surface area (Å²) < 4.78 is 6.60. The Balaban J connectivity index is 2.70. The van der Waals surface area contributed by atoms with E-state index in [1.807, 2.05) is 0 Å². The van der Waals surface area contributed by atoms with Crippen LogP contribution in [-0.2, 0) is 17.9 Å². The second kappa shape index (κ2) is 3.31. The molecule has 0 fully saturated rings. The van der Waals surface area contributed by atoms with Gasteiger partial charge in [0.15, 0.2) is 0 Å². The molecule has 55 valence electrons. The Morgan fingerprint density at radius 2 is 2.60 bits per heavy atom. The summed E-state index contributed by atoms with van der Waals surface area (Å²) in [4.78, 5) is 0. The molecule has 0 saturated carbocycles. The third kappa shape index (κ3) is 1.33. The summed E-state index contributed by atoms with van der Waals surface area (Å²) >= 11 is 0. The molecule has 1 rings (SSSR count). The lowest BCUT2D eigenvalue weighted by Gasteiger charge is -1.99. The lowest BCUT2D eigenvalue weighted by atomic mass is 10.5. The Labute approximate surface area is 59.8 Å². The van der Waals surface area contributed by atoms with Crippen LogP contribution in [0.3, 0.4) is 0 Å². The molecule has 1 radical (unpaired) electrons. The Hall–Kier alpha value is -0.900. The van der Waals surface area contributed by atoms with E-state index in [1.54, 1.807) is 18.0 Å². The summed E-state index contributed by atoms with van der Waals surface area (Å²) in [6.45, 7) is 4.82. The van der Waals surface area contributed by atoms with Gasteiger partial charge >= 0.3 is 0 Å². The highest BCUT2D eigenvalue weighted by atomic mass is 16.5. The molecular formula is C6H10N3O. The zero-order chi connectivity index (χ0) is 7.40. The summed E-state index contributed by atoms with van der Waals surface area (Å²) in [7, 11) is 1.64. The molecule has 1 aromatic heterocycles. The molecule has 1 heterocycles. The van der Waals surface area contributed by atoms with Gasteiger partial charge < -0.3 is 4.74 Å². The maximum absolute atomic E-state index is 4.90. The quantitative estimate of drug-likeness (QED) is 0.604. The number of ether oxygens (including phenoxy) is 1. The second-order valence-corrected chi connectivity index (χ2v) is 1.88. The average molecular weight is 140 g/mol. The zero-order valence-corrected chi connectivity index (χ0v) is 5.95. The van der Waals surface area contributed by atoms with Gasteiger partial charge in [0, 0.05) is 13.7 Å². The number of hydrogen-bond donors (Lipinski definition) is 0. The van der Waals surface area contributed by atoms with Crippen LogP contribution >= 0.6 is 0 Å². The monoisotopic (exact) mass is 140 g/mol. The minimum absolute atomic E-state index is 0.544. The second-order valence-electron chi connectivity index (χ2n) is 1.88. The van der Waals surface area contributed by atoms with E-state index in [9.17, 15) is 0 Å². The SMILES string of the molecule is [CH2]Cn1nncc1COC. The third-order valence-corrected chi connectivity index (χ3v) is 1.20. The molecule has 1 aromatic rings. The van der Waals surface area contributed by atoms with Gasteiger partial charge in [0.1, 0.15) is 0 Å². The van der Waals surface area contributed by atoms with E-state index < -0.39 is 0 Å². The van der Waals surface area contributed by atoms with E-state index in [0.717, 1.165) is 5.69 Å². The van der Waals surface area contributed by atoms with Crippen molar-refractivity contribution < 1.29 is 4.74 Å². The predicted molar refractivity (Wildman–Crippen MR) is 36.1 cm³/mol. The maximum Gasteiger partial charge on any atom is 0.0897 e. The molecule has 0 amide bonds. The van der Waals surface area contributed by atoms with Gasteiger partial charge in [-0.2, -0.15) is 0 Å². The molecule has 0 unspecified atom stereocenters. The average Bonchev–Trinajstić information content (AvgIpc) is 2.36. The molecule has 0 bridgehead atoms. The van der Waals surface area contributed by atoms with Crippen molar-refractivity contribution in [3.8, 4) is 0 Å². The van der Waals surface area contributed by atoms with Gasteiger partial charge in [-0.1, -0.05) is 5.21 Å². The molecule has 0 saturated heterocycles. The van der Waals surface area contributed by atoms with Crippen LogP contribution in [0.15, 0.2) is 6.20 Å². The first-order chi connectivity index (χ1) is 4.88. The van der Waals surface area contributed by atoms with Gasteiger partial charge in [-0.25, -0.2) is 4.68 Å². The smallest absolute Gasteiger partial charge is 0.0897 e. The zero-order valence-electron chi connectivity index (χ0n) is 5.95. The molecule has 0 aliphatic rings. The van der Waals surface area contributed by atoms with Gasteiger partial charge in [-0.15, -0.1) is 5.10 Å². The van der Waals surface area contributed by atoms with Crippen molar-refractivity contribution >= 4 is 0 Å². The van der Waals surface area contributed by atoms with Gasteiger partial charge in [0.2, 0.25) is 0 Å². The molecule has 10 heavy (non-hydrogen) atoms. The summed E-state index contributed by atoms with van der Waals surface area (Å²) in [5.41, 5.74) is 0.956. The van der Waals surface area contributed by atoms with Crippen LogP contribution in [0.4, 0.5) is 0 Å². The van der Waals surface area contributed by atoms with Crippen molar-refractivity contribution in [2.45, 2.75) is 13.2 Å². The fourth-order valence-corrected chi connectivity index (χ4v) is 0.727. The minimum atomic E-state index is 0.544. The van der Waals surface area contributed by atoms with Crippen molar-refractivity contribution in [2.75, 3.05) is 7.11 Å². The summed E-state index contributed by atoms with van der Waals surface area (Å²) in [5, 5.41) is 7.48. The number of aromatic nitrogens is 3. The van der Waals surface area contributed by atoms with E-state index in [1.165, 1.54) is 0 Å². The first kappa shape index (κ1) is 7.21. The van der Waals surface area contributed by atoms with Crippen molar-refractivity contribution in [3.05, 3.63) is 18.8 Å². The molecule has 4 heteroatoms. The lowest BCUT2D eigenvalue weighted by Crippen LogP contribution is -2.03. The Morgan fingerprint density at radius 3 is 3.20 bits per heavy atom. The highest BCUT2D eigenvalue weighted by molar-refractivity contribution is 4.91. The highest BCUT2D eigenvalue weighted by Gasteiger charge is 1.98. The van der Waals surface area contributed by atoms with E-state index >= 15 is 0 Å². The van der Waals surface area contributed by atoms with E-state index in [2.05, 4.69) is 17.2 Å². The number of nitrogens with zero attached hydrogens (tertiary/aromatic N) is 3. The van der Waals surface area contributed by atoms with E-state index in [-0.39, 0.29) is 0 Å².